The van der Waals surface area contributed by atoms with Crippen molar-refractivity contribution in [2.45, 2.75) is 24.4 Å². The van der Waals surface area contributed by atoms with Gasteiger partial charge in [0.1, 0.15) is 0 Å². The molecule has 0 fully saturated rings. The smallest absolute Gasteiger partial charge is 0.416 e. The van der Waals surface area contributed by atoms with Crippen molar-refractivity contribution in [3.05, 3.63) is 132 Å². The number of pyridine rings is 1. The molecule has 4 aromatic carbocycles. The van der Waals surface area contributed by atoms with Gasteiger partial charge in [0, 0.05) is 23.2 Å². The molecule has 5 rings (SSSR count). The minimum absolute atomic E-state index is 0.0597. The Kier molecular flexibility index (Phi) is 8.41. The zero-order valence-corrected chi connectivity index (χ0v) is 23.4. The molecule has 0 radical (unpaired) electrons. The number of nitrogens with zero attached hydrogens (tertiary/aromatic N) is 2. The largest absolute Gasteiger partial charge is 0.481 e. The van der Waals surface area contributed by atoms with Crippen molar-refractivity contribution in [1.82, 2.24) is 9.88 Å². The van der Waals surface area contributed by atoms with Gasteiger partial charge in [0.15, 0.2) is 0 Å². The summed E-state index contributed by atoms with van der Waals surface area (Å²) >= 11 is 0. The van der Waals surface area contributed by atoms with Gasteiger partial charge in [-0.15, -0.1) is 0 Å². The topological polar surface area (TPSA) is 25.4 Å². The Morgan fingerprint density at radius 3 is 2.15 bits per heavy atom. The second-order valence-electron chi connectivity index (χ2n) is 10.6. The summed E-state index contributed by atoms with van der Waals surface area (Å²) < 4.78 is 45.5. The molecule has 0 saturated heterocycles. The lowest BCUT2D eigenvalue weighted by molar-refractivity contribution is -0.137. The molecule has 5 aromatic rings. The van der Waals surface area contributed by atoms with Crippen LogP contribution in [0.4, 0.5) is 13.2 Å². The lowest BCUT2D eigenvalue weighted by Gasteiger charge is -2.31. The van der Waals surface area contributed by atoms with Crippen molar-refractivity contribution in [2.24, 2.45) is 0 Å². The van der Waals surface area contributed by atoms with E-state index in [1.807, 2.05) is 24.3 Å². The van der Waals surface area contributed by atoms with Crippen molar-refractivity contribution in [3.63, 3.8) is 0 Å². The normalized spacial score (nSPS) is 13.3. The molecular weight excluding hydrogens is 521 g/mol. The van der Waals surface area contributed by atoms with Crippen LogP contribution in [0, 0.1) is 0 Å². The van der Waals surface area contributed by atoms with Gasteiger partial charge < -0.3 is 9.64 Å². The van der Waals surface area contributed by atoms with E-state index in [1.165, 1.54) is 28.5 Å². The molecule has 210 valence electrons. The van der Waals surface area contributed by atoms with Crippen LogP contribution in [0.2, 0.25) is 0 Å². The molecule has 1 heterocycles. The Balaban J connectivity index is 1.71. The van der Waals surface area contributed by atoms with Crippen LogP contribution in [0.25, 0.3) is 21.9 Å². The minimum Gasteiger partial charge on any atom is -0.481 e. The first-order valence-electron chi connectivity index (χ1n) is 13.6. The quantitative estimate of drug-likeness (QED) is 0.182. The Labute approximate surface area is 239 Å². The second kappa shape index (κ2) is 12.1. The fourth-order valence-corrected chi connectivity index (χ4v) is 5.63. The predicted octanol–water partition coefficient (Wildman–Crippen LogP) is 8.80. The van der Waals surface area contributed by atoms with Gasteiger partial charge in [0.25, 0.3) is 0 Å². The summed E-state index contributed by atoms with van der Waals surface area (Å²) in [6.07, 6.45) is -1.85. The van der Waals surface area contributed by atoms with Crippen molar-refractivity contribution in [1.29, 1.82) is 0 Å². The third kappa shape index (κ3) is 6.28. The monoisotopic (exact) mass is 554 g/mol. The highest BCUT2D eigenvalue weighted by molar-refractivity contribution is 5.86. The summed E-state index contributed by atoms with van der Waals surface area (Å²) in [6, 6.07) is 32.5. The van der Waals surface area contributed by atoms with Crippen LogP contribution in [0.15, 0.2) is 109 Å². The molecule has 6 heteroatoms. The molecule has 0 spiro atoms. The molecule has 0 aliphatic heterocycles. The van der Waals surface area contributed by atoms with Crippen LogP contribution >= 0.6 is 0 Å². The molecule has 2 atom stereocenters. The molecule has 0 saturated carbocycles. The van der Waals surface area contributed by atoms with Gasteiger partial charge in [-0.05, 0) is 78.6 Å². The highest BCUT2D eigenvalue weighted by Gasteiger charge is 2.32. The Morgan fingerprint density at radius 1 is 0.780 bits per heavy atom. The van der Waals surface area contributed by atoms with Crippen molar-refractivity contribution < 1.29 is 17.9 Å². The molecule has 0 aliphatic rings. The van der Waals surface area contributed by atoms with Crippen molar-refractivity contribution in [2.75, 3.05) is 27.7 Å². The van der Waals surface area contributed by atoms with Crippen LogP contribution in [-0.4, -0.2) is 37.6 Å². The summed E-state index contributed by atoms with van der Waals surface area (Å²) in [6.45, 7) is 0.867. The summed E-state index contributed by atoms with van der Waals surface area (Å²) in [7, 11) is 5.76. The predicted molar refractivity (Wildman–Crippen MR) is 159 cm³/mol. The van der Waals surface area contributed by atoms with E-state index in [2.05, 4.69) is 78.6 Å². The van der Waals surface area contributed by atoms with Crippen LogP contribution in [0.5, 0.6) is 5.88 Å². The van der Waals surface area contributed by atoms with Gasteiger partial charge >= 0.3 is 6.18 Å². The number of aromatic nitrogens is 1. The number of fused-ring (bicyclic) bond motifs is 1. The molecule has 2 unspecified atom stereocenters. The third-order valence-corrected chi connectivity index (χ3v) is 7.62. The van der Waals surface area contributed by atoms with E-state index in [0.29, 0.717) is 11.4 Å². The van der Waals surface area contributed by atoms with E-state index in [1.54, 1.807) is 13.3 Å². The number of rotatable bonds is 9. The first kappa shape index (κ1) is 28.4. The summed E-state index contributed by atoms with van der Waals surface area (Å²) in [5, 5.41) is 2.38. The molecule has 0 aliphatic carbocycles. The highest BCUT2D eigenvalue weighted by atomic mass is 19.4. The van der Waals surface area contributed by atoms with Crippen LogP contribution in [0.1, 0.15) is 40.5 Å². The first-order valence-corrected chi connectivity index (χ1v) is 13.6. The molecule has 0 bridgehead atoms. The molecule has 1 aromatic heterocycles. The van der Waals surface area contributed by atoms with Crippen molar-refractivity contribution >= 4 is 10.8 Å². The van der Waals surface area contributed by atoms with Crippen molar-refractivity contribution in [3.8, 4) is 17.0 Å². The lowest BCUT2D eigenvalue weighted by atomic mass is 9.74. The summed E-state index contributed by atoms with van der Waals surface area (Å²) in [4.78, 5) is 6.86. The van der Waals surface area contributed by atoms with Gasteiger partial charge in [-0.25, -0.2) is 4.98 Å². The second-order valence-corrected chi connectivity index (χ2v) is 10.6. The van der Waals surface area contributed by atoms with Crippen LogP contribution < -0.4 is 4.74 Å². The summed E-state index contributed by atoms with van der Waals surface area (Å²) in [5.74, 6) is 0.438. The number of hydrogen-bond acceptors (Lipinski definition) is 3. The average Bonchev–Trinajstić information content (AvgIpc) is 2.99. The fourth-order valence-electron chi connectivity index (χ4n) is 5.63. The lowest BCUT2D eigenvalue weighted by Crippen LogP contribution is -2.21. The molecule has 3 nitrogen and oxygen atoms in total. The number of halogens is 3. The number of benzene rings is 4. The van der Waals surface area contributed by atoms with E-state index in [4.69, 9.17) is 4.74 Å². The Bertz CT molecular complexity index is 1590. The van der Waals surface area contributed by atoms with Gasteiger partial charge in [-0.2, -0.15) is 13.2 Å². The number of alkyl halides is 3. The number of ether oxygens (including phenoxy) is 1. The number of methoxy groups -OCH3 is 1. The minimum atomic E-state index is -4.39. The molecule has 0 amide bonds. The maximum atomic E-state index is 13.2. The van der Waals surface area contributed by atoms with E-state index in [0.717, 1.165) is 41.8 Å². The average molecular weight is 555 g/mol. The van der Waals surface area contributed by atoms with E-state index >= 15 is 0 Å². The number of hydrogen-bond donors (Lipinski definition) is 0. The molecule has 41 heavy (non-hydrogen) atoms. The fraction of sp³-hybridized carbons (Fsp3) is 0.229. The van der Waals surface area contributed by atoms with Gasteiger partial charge in [-0.1, -0.05) is 84.9 Å². The van der Waals surface area contributed by atoms with Crippen LogP contribution in [0.3, 0.4) is 0 Å². The standard InChI is InChI=1S/C35H33F3N2O/c1-40(2)21-20-31(30-15-9-13-25-10-7-8-14-29(25)30)33(26-11-5-4-6-12-26)32-22-27(23-39-34(32)41-3)24-16-18-28(19-17-24)35(36,37)38/h4-19,22-23,31,33H,20-21H2,1-3H3. The van der Waals surface area contributed by atoms with Gasteiger partial charge in [0.2, 0.25) is 5.88 Å². The maximum absolute atomic E-state index is 13.2. The van der Waals surface area contributed by atoms with Crippen LogP contribution in [-0.2, 0) is 6.18 Å². The molecule has 0 N–H and O–H groups in total. The Morgan fingerprint density at radius 2 is 1.46 bits per heavy atom. The van der Waals surface area contributed by atoms with E-state index in [-0.39, 0.29) is 11.8 Å². The Hall–Kier alpha value is -4.16. The first-order chi connectivity index (χ1) is 19.8. The molecular formula is C35H33F3N2O. The highest BCUT2D eigenvalue weighted by Crippen LogP contribution is 2.46. The third-order valence-electron chi connectivity index (χ3n) is 7.62. The maximum Gasteiger partial charge on any atom is 0.416 e. The van der Waals surface area contributed by atoms with E-state index < -0.39 is 11.7 Å². The zero-order chi connectivity index (χ0) is 29.0. The SMILES string of the molecule is COc1ncc(-c2ccc(C(F)(F)F)cc2)cc1C(c1ccccc1)C(CCN(C)C)c1cccc2ccccc12. The zero-order valence-electron chi connectivity index (χ0n) is 23.4. The van der Waals surface area contributed by atoms with E-state index in [9.17, 15) is 13.2 Å². The summed E-state index contributed by atoms with van der Waals surface area (Å²) in [5.41, 5.74) is 3.98. The van der Waals surface area contributed by atoms with Gasteiger partial charge in [-0.3, -0.25) is 0 Å². The van der Waals surface area contributed by atoms with Gasteiger partial charge in [0.05, 0.1) is 12.7 Å².